The maximum absolute atomic E-state index is 10.7. The minimum absolute atomic E-state index is 0.0420. The first-order chi connectivity index (χ1) is 6.53. The van der Waals surface area contributed by atoms with Crippen molar-refractivity contribution in [3.8, 4) is 0 Å². The van der Waals surface area contributed by atoms with Gasteiger partial charge < -0.3 is 15.4 Å². The average Bonchev–Trinajstić information content (AvgIpc) is 2.66. The molecule has 0 aliphatic heterocycles. The number of carbonyl (C=O) groups is 1. The number of nitrogens with two attached hydrogens (primary N) is 1. The Morgan fingerprint density at radius 1 is 1.64 bits per heavy atom. The average molecular weight is 198 g/mol. The number of amides is 1. The van der Waals surface area contributed by atoms with Crippen LogP contribution >= 0.6 is 0 Å². The summed E-state index contributed by atoms with van der Waals surface area (Å²) in [5, 5.41) is 13.5. The number of hydrogen-bond acceptors (Lipinski definition) is 4. The standard InChI is InChI=1S/C9H14N2O3/c1-3-9(13,4-2)7-5-6(8(10)12)11-14-7/h5,13H,3-4H2,1-2H3,(H2,10,12). The first-order valence-electron chi connectivity index (χ1n) is 4.53. The molecule has 5 heteroatoms. The molecule has 0 bridgehead atoms. The Labute approximate surface area is 81.9 Å². The first-order valence-corrected chi connectivity index (χ1v) is 4.53. The van der Waals surface area contributed by atoms with Crippen LogP contribution in [0.1, 0.15) is 42.9 Å². The quantitative estimate of drug-likeness (QED) is 0.748. The Bertz CT molecular complexity index is 329. The van der Waals surface area contributed by atoms with Crippen molar-refractivity contribution in [1.29, 1.82) is 0 Å². The van der Waals surface area contributed by atoms with E-state index >= 15 is 0 Å². The van der Waals surface area contributed by atoms with Crippen LogP contribution in [-0.4, -0.2) is 16.2 Å². The fourth-order valence-corrected chi connectivity index (χ4v) is 1.21. The van der Waals surface area contributed by atoms with Crippen LogP contribution in [0, 0.1) is 0 Å². The molecule has 1 aromatic heterocycles. The molecule has 0 radical (unpaired) electrons. The van der Waals surface area contributed by atoms with E-state index in [9.17, 15) is 9.90 Å². The van der Waals surface area contributed by atoms with Crippen molar-refractivity contribution in [3.63, 3.8) is 0 Å². The normalized spacial score (nSPS) is 11.6. The second-order valence-electron chi connectivity index (χ2n) is 3.18. The van der Waals surface area contributed by atoms with Crippen molar-refractivity contribution in [2.45, 2.75) is 32.3 Å². The number of primary amides is 1. The van der Waals surface area contributed by atoms with Gasteiger partial charge in [0.25, 0.3) is 5.91 Å². The smallest absolute Gasteiger partial charge is 0.270 e. The van der Waals surface area contributed by atoms with Crippen LogP contribution in [-0.2, 0) is 5.60 Å². The third kappa shape index (κ3) is 1.77. The van der Waals surface area contributed by atoms with E-state index in [1.807, 2.05) is 13.8 Å². The van der Waals surface area contributed by atoms with Crippen molar-refractivity contribution >= 4 is 5.91 Å². The number of aromatic nitrogens is 1. The molecule has 0 aliphatic carbocycles. The van der Waals surface area contributed by atoms with Crippen LogP contribution in [0.4, 0.5) is 0 Å². The highest BCUT2D eigenvalue weighted by atomic mass is 16.5. The number of rotatable bonds is 4. The van der Waals surface area contributed by atoms with Gasteiger partial charge in [0.1, 0.15) is 5.60 Å². The summed E-state index contributed by atoms with van der Waals surface area (Å²) >= 11 is 0. The number of aliphatic hydroxyl groups is 1. The van der Waals surface area contributed by atoms with Crippen molar-refractivity contribution in [2.75, 3.05) is 0 Å². The SMILES string of the molecule is CCC(O)(CC)c1cc(C(N)=O)no1. The predicted molar refractivity (Wildman–Crippen MR) is 49.5 cm³/mol. The van der Waals surface area contributed by atoms with Crippen LogP contribution in [0.15, 0.2) is 10.6 Å². The van der Waals surface area contributed by atoms with Gasteiger partial charge in [0.2, 0.25) is 0 Å². The van der Waals surface area contributed by atoms with Gasteiger partial charge in [0, 0.05) is 6.07 Å². The van der Waals surface area contributed by atoms with Crippen LogP contribution in [0.25, 0.3) is 0 Å². The highest BCUT2D eigenvalue weighted by Crippen LogP contribution is 2.28. The summed E-state index contributed by atoms with van der Waals surface area (Å²) in [4.78, 5) is 10.7. The van der Waals surface area contributed by atoms with E-state index in [1.54, 1.807) is 0 Å². The third-order valence-electron chi connectivity index (χ3n) is 2.39. The van der Waals surface area contributed by atoms with Gasteiger partial charge in [0.05, 0.1) is 0 Å². The molecule has 0 aromatic carbocycles. The largest absolute Gasteiger partial charge is 0.382 e. The number of carbonyl (C=O) groups excluding carboxylic acids is 1. The lowest BCUT2D eigenvalue weighted by Crippen LogP contribution is -2.22. The van der Waals surface area contributed by atoms with E-state index in [4.69, 9.17) is 10.3 Å². The van der Waals surface area contributed by atoms with Gasteiger partial charge in [-0.1, -0.05) is 19.0 Å². The van der Waals surface area contributed by atoms with Gasteiger partial charge in [-0.3, -0.25) is 4.79 Å². The summed E-state index contributed by atoms with van der Waals surface area (Å²) in [7, 11) is 0. The molecule has 1 aromatic rings. The maximum Gasteiger partial charge on any atom is 0.270 e. The number of nitrogens with zero attached hydrogens (tertiary/aromatic N) is 1. The fourth-order valence-electron chi connectivity index (χ4n) is 1.21. The highest BCUT2D eigenvalue weighted by molar-refractivity contribution is 5.90. The molecule has 1 heterocycles. The van der Waals surface area contributed by atoms with Gasteiger partial charge >= 0.3 is 0 Å². The molecule has 1 amide bonds. The van der Waals surface area contributed by atoms with Crippen molar-refractivity contribution in [3.05, 3.63) is 17.5 Å². The molecule has 5 nitrogen and oxygen atoms in total. The van der Waals surface area contributed by atoms with E-state index in [0.717, 1.165) is 0 Å². The summed E-state index contributed by atoms with van der Waals surface area (Å²) in [5.74, 6) is -0.370. The van der Waals surface area contributed by atoms with Gasteiger partial charge in [-0.2, -0.15) is 0 Å². The molecule has 0 unspecified atom stereocenters. The lowest BCUT2D eigenvalue weighted by Gasteiger charge is -2.20. The van der Waals surface area contributed by atoms with Gasteiger partial charge in [0.15, 0.2) is 11.5 Å². The Hall–Kier alpha value is -1.36. The van der Waals surface area contributed by atoms with Crippen molar-refractivity contribution in [2.24, 2.45) is 5.73 Å². The maximum atomic E-state index is 10.7. The molecule has 3 N–H and O–H groups in total. The summed E-state index contributed by atoms with van der Waals surface area (Å²) in [6.45, 7) is 3.66. The van der Waals surface area contributed by atoms with Crippen LogP contribution < -0.4 is 5.73 Å². The minimum Gasteiger partial charge on any atom is -0.382 e. The first kappa shape index (κ1) is 10.7. The lowest BCUT2D eigenvalue weighted by atomic mass is 9.94. The van der Waals surface area contributed by atoms with Gasteiger partial charge in [-0.15, -0.1) is 0 Å². The second kappa shape index (κ2) is 3.79. The molecule has 1 rings (SSSR count). The molecule has 14 heavy (non-hydrogen) atoms. The third-order valence-corrected chi connectivity index (χ3v) is 2.39. The summed E-state index contributed by atoms with van der Waals surface area (Å²) in [6.07, 6.45) is 0.994. The second-order valence-corrected chi connectivity index (χ2v) is 3.18. The topological polar surface area (TPSA) is 89.4 Å². The molecule has 0 saturated heterocycles. The Balaban J connectivity index is 3.01. The molecule has 0 aliphatic rings. The van der Waals surface area contributed by atoms with Crippen LogP contribution in [0.2, 0.25) is 0 Å². The fraction of sp³-hybridized carbons (Fsp3) is 0.556. The lowest BCUT2D eigenvalue weighted by molar-refractivity contribution is 0.00173. The zero-order chi connectivity index (χ0) is 10.8. The molecular formula is C9H14N2O3. The molecule has 78 valence electrons. The molecular weight excluding hydrogens is 184 g/mol. The van der Waals surface area contributed by atoms with E-state index in [1.165, 1.54) is 6.07 Å². The molecule has 0 saturated carbocycles. The van der Waals surface area contributed by atoms with E-state index < -0.39 is 11.5 Å². The van der Waals surface area contributed by atoms with Crippen molar-refractivity contribution < 1.29 is 14.4 Å². The summed E-state index contributed by atoms with van der Waals surface area (Å²) in [6, 6.07) is 1.38. The predicted octanol–water partition coefficient (Wildman–Crippen LogP) is 0.781. The van der Waals surface area contributed by atoms with E-state index in [2.05, 4.69) is 5.16 Å². The zero-order valence-corrected chi connectivity index (χ0v) is 8.28. The number of hydrogen-bond donors (Lipinski definition) is 2. The van der Waals surface area contributed by atoms with Gasteiger partial charge in [-0.25, -0.2) is 0 Å². The summed E-state index contributed by atoms with van der Waals surface area (Å²) < 4.78 is 4.87. The van der Waals surface area contributed by atoms with Crippen molar-refractivity contribution in [1.82, 2.24) is 5.16 Å². The Kier molecular flexibility index (Phi) is 2.90. The van der Waals surface area contributed by atoms with E-state index in [0.29, 0.717) is 12.8 Å². The Morgan fingerprint density at radius 3 is 2.57 bits per heavy atom. The highest BCUT2D eigenvalue weighted by Gasteiger charge is 2.30. The van der Waals surface area contributed by atoms with Crippen LogP contribution in [0.3, 0.4) is 0 Å². The molecule has 0 spiro atoms. The zero-order valence-electron chi connectivity index (χ0n) is 8.28. The van der Waals surface area contributed by atoms with E-state index in [-0.39, 0.29) is 11.5 Å². The van der Waals surface area contributed by atoms with Crippen LogP contribution in [0.5, 0.6) is 0 Å². The minimum atomic E-state index is -1.05. The summed E-state index contributed by atoms with van der Waals surface area (Å²) in [5.41, 5.74) is 4.00. The Morgan fingerprint density at radius 2 is 2.21 bits per heavy atom. The monoisotopic (exact) mass is 198 g/mol. The molecule has 0 atom stereocenters. The van der Waals surface area contributed by atoms with Gasteiger partial charge in [-0.05, 0) is 12.8 Å². The molecule has 0 fully saturated rings.